The third-order valence-electron chi connectivity index (χ3n) is 5.96. The van der Waals surface area contributed by atoms with Crippen LogP contribution in [0.2, 0.25) is 5.02 Å². The summed E-state index contributed by atoms with van der Waals surface area (Å²) < 4.78 is 0. The van der Waals surface area contributed by atoms with Gasteiger partial charge in [-0.2, -0.15) is 0 Å². The van der Waals surface area contributed by atoms with E-state index in [0.29, 0.717) is 0 Å². The van der Waals surface area contributed by atoms with Gasteiger partial charge >= 0.3 is 0 Å². The van der Waals surface area contributed by atoms with Crippen LogP contribution in [0.5, 0.6) is 0 Å². The minimum atomic E-state index is -0.356. The van der Waals surface area contributed by atoms with Gasteiger partial charge in [-0.3, -0.25) is 15.0 Å². The molecule has 1 aliphatic heterocycles. The summed E-state index contributed by atoms with van der Waals surface area (Å²) in [6.07, 6.45) is 2.16. The molecule has 0 unspecified atom stereocenters. The summed E-state index contributed by atoms with van der Waals surface area (Å²) in [5, 5.41) is 11.7. The van der Waals surface area contributed by atoms with Crippen LogP contribution in [-0.2, 0) is 13.1 Å². The van der Waals surface area contributed by atoms with Gasteiger partial charge in [0.2, 0.25) is 0 Å². The standard InChI is InChI=1S/C24H34ClN5O2/c25-23-7-3-21(4-8-23)19-29(20-22-5-9-24(10-6-22)30(31)32)14-2-13-28-17-15-27(16-18-28)12-1-11-26/h3-10H,1-2,11-20,26H2. The van der Waals surface area contributed by atoms with E-state index in [1.165, 1.54) is 5.56 Å². The zero-order valence-electron chi connectivity index (χ0n) is 18.7. The lowest BCUT2D eigenvalue weighted by Gasteiger charge is -2.35. The molecule has 0 amide bonds. The van der Waals surface area contributed by atoms with Crippen LogP contribution < -0.4 is 5.73 Å². The Morgan fingerprint density at radius 1 is 0.875 bits per heavy atom. The molecular formula is C24H34ClN5O2. The Morgan fingerprint density at radius 2 is 1.38 bits per heavy atom. The van der Waals surface area contributed by atoms with Crippen LogP contribution >= 0.6 is 11.6 Å². The average molecular weight is 460 g/mol. The molecule has 2 aromatic carbocycles. The topological polar surface area (TPSA) is 78.9 Å². The van der Waals surface area contributed by atoms with Crippen molar-refractivity contribution in [3.63, 3.8) is 0 Å². The normalized spacial score (nSPS) is 15.3. The summed E-state index contributed by atoms with van der Waals surface area (Å²) in [5.41, 5.74) is 8.05. The van der Waals surface area contributed by atoms with Crippen LogP contribution in [0.4, 0.5) is 5.69 Å². The number of non-ortho nitro benzene ring substituents is 1. The predicted molar refractivity (Wildman–Crippen MR) is 130 cm³/mol. The molecule has 0 aliphatic carbocycles. The number of hydrogen-bond donors (Lipinski definition) is 1. The van der Waals surface area contributed by atoms with Crippen molar-refractivity contribution in [3.05, 3.63) is 74.8 Å². The van der Waals surface area contributed by atoms with Crippen molar-refractivity contribution in [1.82, 2.24) is 14.7 Å². The number of nitro benzene ring substituents is 1. The zero-order valence-corrected chi connectivity index (χ0v) is 19.4. The maximum Gasteiger partial charge on any atom is 0.269 e. The largest absolute Gasteiger partial charge is 0.330 e. The Balaban J connectivity index is 1.52. The van der Waals surface area contributed by atoms with Gasteiger partial charge in [-0.15, -0.1) is 0 Å². The highest BCUT2D eigenvalue weighted by Gasteiger charge is 2.16. The number of benzene rings is 2. The molecule has 0 aromatic heterocycles. The van der Waals surface area contributed by atoms with Crippen LogP contribution in [-0.4, -0.2) is 72.0 Å². The fourth-order valence-electron chi connectivity index (χ4n) is 4.11. The molecule has 1 saturated heterocycles. The fraction of sp³-hybridized carbons (Fsp3) is 0.500. The van der Waals surface area contributed by atoms with Crippen LogP contribution in [0, 0.1) is 10.1 Å². The van der Waals surface area contributed by atoms with Crippen LogP contribution in [0.1, 0.15) is 24.0 Å². The van der Waals surface area contributed by atoms with E-state index in [0.717, 1.165) is 88.9 Å². The van der Waals surface area contributed by atoms with E-state index in [1.807, 2.05) is 24.3 Å². The number of nitrogens with zero attached hydrogens (tertiary/aromatic N) is 4. The van der Waals surface area contributed by atoms with E-state index in [-0.39, 0.29) is 10.6 Å². The minimum absolute atomic E-state index is 0.128. The van der Waals surface area contributed by atoms with Crippen molar-refractivity contribution in [2.45, 2.75) is 25.9 Å². The van der Waals surface area contributed by atoms with Gasteiger partial charge in [0, 0.05) is 63.0 Å². The van der Waals surface area contributed by atoms with Gasteiger partial charge in [0.15, 0.2) is 0 Å². The quantitative estimate of drug-likeness (QED) is 0.386. The molecule has 0 saturated carbocycles. The Kier molecular flexibility index (Phi) is 9.89. The number of nitro groups is 1. The molecular weight excluding hydrogens is 426 g/mol. The fourth-order valence-corrected chi connectivity index (χ4v) is 4.24. The van der Waals surface area contributed by atoms with Gasteiger partial charge < -0.3 is 15.5 Å². The molecule has 0 atom stereocenters. The highest BCUT2D eigenvalue weighted by molar-refractivity contribution is 6.30. The SMILES string of the molecule is NCCCN1CCN(CCCN(Cc2ccc(Cl)cc2)Cc2ccc([N+](=O)[O-])cc2)CC1. The zero-order chi connectivity index (χ0) is 22.8. The van der Waals surface area contributed by atoms with E-state index >= 15 is 0 Å². The summed E-state index contributed by atoms with van der Waals surface area (Å²) in [6, 6.07) is 14.8. The van der Waals surface area contributed by atoms with Crippen molar-refractivity contribution in [2.75, 3.05) is 52.4 Å². The first-order chi connectivity index (χ1) is 15.5. The summed E-state index contributed by atoms with van der Waals surface area (Å²) in [6.45, 7) is 9.97. The van der Waals surface area contributed by atoms with Gasteiger partial charge in [-0.05, 0) is 55.7 Å². The highest BCUT2D eigenvalue weighted by atomic mass is 35.5. The Morgan fingerprint density at radius 3 is 1.88 bits per heavy atom. The van der Waals surface area contributed by atoms with E-state index in [1.54, 1.807) is 12.1 Å². The summed E-state index contributed by atoms with van der Waals surface area (Å²) in [7, 11) is 0. The molecule has 0 radical (unpaired) electrons. The van der Waals surface area contributed by atoms with Gasteiger partial charge in [-0.25, -0.2) is 0 Å². The molecule has 1 fully saturated rings. The lowest BCUT2D eigenvalue weighted by Crippen LogP contribution is -2.47. The van der Waals surface area contributed by atoms with Crippen LogP contribution in [0.25, 0.3) is 0 Å². The summed E-state index contributed by atoms with van der Waals surface area (Å²) in [5.74, 6) is 0. The van der Waals surface area contributed by atoms with Crippen molar-refractivity contribution in [3.8, 4) is 0 Å². The minimum Gasteiger partial charge on any atom is -0.330 e. The molecule has 7 nitrogen and oxygen atoms in total. The smallest absolute Gasteiger partial charge is 0.269 e. The van der Waals surface area contributed by atoms with Crippen LogP contribution in [0.3, 0.4) is 0 Å². The van der Waals surface area contributed by atoms with Crippen LogP contribution in [0.15, 0.2) is 48.5 Å². The van der Waals surface area contributed by atoms with E-state index in [4.69, 9.17) is 17.3 Å². The molecule has 2 aromatic rings. The predicted octanol–water partition coefficient (Wildman–Crippen LogP) is 3.61. The lowest BCUT2D eigenvalue weighted by molar-refractivity contribution is -0.384. The second kappa shape index (κ2) is 12.9. The molecule has 0 bridgehead atoms. The second-order valence-electron chi connectivity index (χ2n) is 8.44. The summed E-state index contributed by atoms with van der Waals surface area (Å²) in [4.78, 5) is 18.0. The molecule has 1 heterocycles. The Hall–Kier alpha value is -2.03. The maximum atomic E-state index is 10.9. The monoisotopic (exact) mass is 459 g/mol. The Bertz CT molecular complexity index is 823. The van der Waals surface area contributed by atoms with Crippen molar-refractivity contribution >= 4 is 17.3 Å². The number of nitrogens with two attached hydrogens (primary N) is 1. The van der Waals surface area contributed by atoms with E-state index in [9.17, 15) is 10.1 Å². The maximum absolute atomic E-state index is 10.9. The van der Waals surface area contributed by atoms with Crippen molar-refractivity contribution < 1.29 is 4.92 Å². The first-order valence-electron chi connectivity index (χ1n) is 11.4. The number of hydrogen-bond acceptors (Lipinski definition) is 6. The average Bonchev–Trinajstić information content (AvgIpc) is 2.80. The van der Waals surface area contributed by atoms with Gasteiger partial charge in [-0.1, -0.05) is 35.9 Å². The van der Waals surface area contributed by atoms with Crippen molar-refractivity contribution in [1.29, 1.82) is 0 Å². The third kappa shape index (κ3) is 8.15. The lowest BCUT2D eigenvalue weighted by atomic mass is 10.1. The molecule has 0 spiro atoms. The van der Waals surface area contributed by atoms with E-state index < -0.39 is 0 Å². The number of piperazine rings is 1. The Labute approximate surface area is 195 Å². The molecule has 8 heteroatoms. The van der Waals surface area contributed by atoms with Gasteiger partial charge in [0.25, 0.3) is 5.69 Å². The second-order valence-corrected chi connectivity index (χ2v) is 8.88. The van der Waals surface area contributed by atoms with Gasteiger partial charge in [0.1, 0.15) is 0 Å². The van der Waals surface area contributed by atoms with E-state index in [2.05, 4.69) is 26.8 Å². The van der Waals surface area contributed by atoms with Crippen molar-refractivity contribution in [2.24, 2.45) is 5.73 Å². The highest BCUT2D eigenvalue weighted by Crippen LogP contribution is 2.17. The molecule has 1 aliphatic rings. The summed E-state index contributed by atoms with van der Waals surface area (Å²) >= 11 is 6.04. The molecule has 32 heavy (non-hydrogen) atoms. The first-order valence-corrected chi connectivity index (χ1v) is 11.8. The molecule has 174 valence electrons. The number of rotatable bonds is 12. The first kappa shape index (κ1) is 24.6. The van der Waals surface area contributed by atoms with Gasteiger partial charge in [0.05, 0.1) is 4.92 Å². The third-order valence-corrected chi connectivity index (χ3v) is 6.22. The molecule has 2 N–H and O–H groups in total. The molecule has 3 rings (SSSR count). The number of halogens is 1.